The second kappa shape index (κ2) is 5.14. The standard InChI is InChI=1S/C12H15FN4O/c1-17(2)7-6-10-15-12(18-16-10)8-4-3-5-9(13)11(8)14/h3-5H,6-7,14H2,1-2H3. The van der Waals surface area contributed by atoms with Crippen LogP contribution in [0.2, 0.25) is 0 Å². The third-order valence-corrected chi connectivity index (χ3v) is 2.53. The van der Waals surface area contributed by atoms with Crippen molar-refractivity contribution in [2.24, 2.45) is 0 Å². The van der Waals surface area contributed by atoms with Crippen LogP contribution in [0.5, 0.6) is 0 Å². The van der Waals surface area contributed by atoms with E-state index >= 15 is 0 Å². The van der Waals surface area contributed by atoms with Gasteiger partial charge in [0.2, 0.25) is 0 Å². The highest BCUT2D eigenvalue weighted by atomic mass is 19.1. The summed E-state index contributed by atoms with van der Waals surface area (Å²) in [6.07, 6.45) is 0.672. The Balaban J connectivity index is 2.21. The van der Waals surface area contributed by atoms with Gasteiger partial charge in [0, 0.05) is 13.0 Å². The molecular formula is C12H15FN4O. The van der Waals surface area contributed by atoms with Gasteiger partial charge in [0.05, 0.1) is 11.3 Å². The van der Waals surface area contributed by atoms with Crippen molar-refractivity contribution in [3.05, 3.63) is 29.8 Å². The predicted octanol–water partition coefficient (Wildman–Crippen LogP) is 1.56. The van der Waals surface area contributed by atoms with Crippen molar-refractivity contribution in [1.29, 1.82) is 0 Å². The van der Waals surface area contributed by atoms with E-state index in [-0.39, 0.29) is 11.6 Å². The van der Waals surface area contributed by atoms with E-state index in [2.05, 4.69) is 10.1 Å². The summed E-state index contributed by atoms with van der Waals surface area (Å²) in [7, 11) is 3.93. The molecule has 0 fully saturated rings. The second-order valence-electron chi connectivity index (χ2n) is 4.27. The first-order valence-electron chi connectivity index (χ1n) is 5.59. The summed E-state index contributed by atoms with van der Waals surface area (Å²) in [6, 6.07) is 4.51. The molecule has 1 heterocycles. The molecule has 0 aliphatic carbocycles. The number of hydrogen-bond donors (Lipinski definition) is 1. The number of para-hydroxylation sites is 1. The normalized spacial score (nSPS) is 11.1. The Morgan fingerprint density at radius 2 is 2.17 bits per heavy atom. The molecule has 2 aromatic rings. The molecule has 1 aromatic heterocycles. The van der Waals surface area contributed by atoms with Gasteiger partial charge in [-0.2, -0.15) is 4.98 Å². The Bertz CT molecular complexity index is 539. The molecule has 0 radical (unpaired) electrons. The molecule has 0 saturated carbocycles. The fraction of sp³-hybridized carbons (Fsp3) is 0.333. The molecule has 0 spiro atoms. The first-order chi connectivity index (χ1) is 8.58. The summed E-state index contributed by atoms with van der Waals surface area (Å²) < 4.78 is 18.4. The molecule has 5 nitrogen and oxygen atoms in total. The first kappa shape index (κ1) is 12.5. The monoisotopic (exact) mass is 250 g/mol. The molecule has 0 atom stereocenters. The molecule has 0 saturated heterocycles. The maximum atomic E-state index is 13.3. The topological polar surface area (TPSA) is 68.2 Å². The van der Waals surface area contributed by atoms with Gasteiger partial charge >= 0.3 is 0 Å². The van der Waals surface area contributed by atoms with Gasteiger partial charge in [-0.1, -0.05) is 11.2 Å². The van der Waals surface area contributed by atoms with Crippen molar-refractivity contribution in [3.8, 4) is 11.5 Å². The maximum absolute atomic E-state index is 13.3. The van der Waals surface area contributed by atoms with E-state index in [4.69, 9.17) is 10.3 Å². The van der Waals surface area contributed by atoms with Crippen molar-refractivity contribution in [2.75, 3.05) is 26.4 Å². The number of halogens is 1. The van der Waals surface area contributed by atoms with Crippen LogP contribution >= 0.6 is 0 Å². The molecule has 1 aromatic carbocycles. The van der Waals surface area contributed by atoms with E-state index in [1.807, 2.05) is 19.0 Å². The van der Waals surface area contributed by atoms with Gasteiger partial charge in [-0.15, -0.1) is 0 Å². The zero-order valence-corrected chi connectivity index (χ0v) is 10.4. The van der Waals surface area contributed by atoms with Crippen LogP contribution in [0.3, 0.4) is 0 Å². The summed E-state index contributed by atoms with van der Waals surface area (Å²) >= 11 is 0. The van der Waals surface area contributed by atoms with Crippen molar-refractivity contribution in [2.45, 2.75) is 6.42 Å². The predicted molar refractivity (Wildman–Crippen MR) is 66.4 cm³/mol. The smallest absolute Gasteiger partial charge is 0.260 e. The molecule has 0 unspecified atom stereocenters. The van der Waals surface area contributed by atoms with Crippen molar-refractivity contribution in [3.63, 3.8) is 0 Å². The second-order valence-corrected chi connectivity index (χ2v) is 4.27. The SMILES string of the molecule is CN(C)CCc1noc(-c2cccc(F)c2N)n1. The molecule has 0 aliphatic heterocycles. The number of benzene rings is 1. The molecule has 0 aliphatic rings. The van der Waals surface area contributed by atoms with E-state index in [1.54, 1.807) is 12.1 Å². The van der Waals surface area contributed by atoms with E-state index < -0.39 is 5.82 Å². The number of anilines is 1. The van der Waals surface area contributed by atoms with Gasteiger partial charge in [0.25, 0.3) is 5.89 Å². The summed E-state index contributed by atoms with van der Waals surface area (Å²) in [4.78, 5) is 6.22. The molecule has 0 amide bonds. The molecule has 2 N–H and O–H groups in total. The van der Waals surface area contributed by atoms with Crippen LogP contribution < -0.4 is 5.73 Å². The summed E-state index contributed by atoms with van der Waals surface area (Å²) in [6.45, 7) is 0.817. The highest BCUT2D eigenvalue weighted by Crippen LogP contribution is 2.26. The molecule has 18 heavy (non-hydrogen) atoms. The summed E-state index contributed by atoms with van der Waals surface area (Å²) in [5, 5.41) is 3.84. The van der Waals surface area contributed by atoms with Gasteiger partial charge in [0.15, 0.2) is 5.82 Å². The van der Waals surface area contributed by atoms with Crippen LogP contribution in [-0.4, -0.2) is 35.7 Å². The number of likely N-dealkylation sites (N-methyl/N-ethyl adjacent to an activating group) is 1. The van der Waals surface area contributed by atoms with Crippen LogP contribution in [0.25, 0.3) is 11.5 Å². The minimum atomic E-state index is -0.486. The third kappa shape index (κ3) is 2.65. The number of nitrogens with zero attached hydrogens (tertiary/aromatic N) is 3. The lowest BCUT2D eigenvalue weighted by atomic mass is 10.2. The lowest BCUT2D eigenvalue weighted by Gasteiger charge is -2.05. The average Bonchev–Trinajstić information content (AvgIpc) is 2.78. The zero-order chi connectivity index (χ0) is 13.1. The molecule has 2 rings (SSSR count). The Morgan fingerprint density at radius 1 is 1.39 bits per heavy atom. The molecular weight excluding hydrogens is 235 g/mol. The van der Waals surface area contributed by atoms with Crippen LogP contribution in [-0.2, 0) is 6.42 Å². The largest absolute Gasteiger partial charge is 0.396 e. The van der Waals surface area contributed by atoms with Gasteiger partial charge < -0.3 is 15.2 Å². The molecule has 96 valence electrons. The Morgan fingerprint density at radius 3 is 2.89 bits per heavy atom. The fourth-order valence-electron chi connectivity index (χ4n) is 1.51. The Labute approximate surface area is 104 Å². The summed E-state index contributed by atoms with van der Waals surface area (Å²) in [5.74, 6) is 0.351. The number of nitrogen functional groups attached to an aromatic ring is 1. The number of hydrogen-bond acceptors (Lipinski definition) is 5. The van der Waals surface area contributed by atoms with Gasteiger partial charge in [-0.05, 0) is 26.2 Å². The highest BCUT2D eigenvalue weighted by Gasteiger charge is 2.13. The Hall–Kier alpha value is -1.95. The van der Waals surface area contributed by atoms with Crippen molar-refractivity contribution >= 4 is 5.69 Å². The lowest BCUT2D eigenvalue weighted by molar-refractivity contribution is 0.392. The van der Waals surface area contributed by atoms with E-state index in [1.165, 1.54) is 6.07 Å². The highest BCUT2D eigenvalue weighted by molar-refractivity contribution is 5.70. The van der Waals surface area contributed by atoms with Crippen LogP contribution in [0.4, 0.5) is 10.1 Å². The minimum absolute atomic E-state index is 0.0281. The van der Waals surface area contributed by atoms with E-state index in [0.717, 1.165) is 6.54 Å². The van der Waals surface area contributed by atoms with Gasteiger partial charge in [-0.25, -0.2) is 4.39 Å². The maximum Gasteiger partial charge on any atom is 0.260 e. The van der Waals surface area contributed by atoms with Gasteiger partial charge in [-0.3, -0.25) is 0 Å². The van der Waals surface area contributed by atoms with Crippen LogP contribution in [0.1, 0.15) is 5.82 Å². The number of rotatable bonds is 4. The lowest BCUT2D eigenvalue weighted by Crippen LogP contribution is -2.15. The number of aromatic nitrogens is 2. The Kier molecular flexibility index (Phi) is 3.57. The van der Waals surface area contributed by atoms with Crippen molar-refractivity contribution in [1.82, 2.24) is 15.0 Å². The average molecular weight is 250 g/mol. The number of nitrogens with two attached hydrogens (primary N) is 1. The molecule has 6 heteroatoms. The minimum Gasteiger partial charge on any atom is -0.396 e. The summed E-state index contributed by atoms with van der Waals surface area (Å²) in [5.41, 5.74) is 6.09. The first-order valence-corrected chi connectivity index (χ1v) is 5.59. The molecule has 0 bridgehead atoms. The van der Waals surface area contributed by atoms with E-state index in [9.17, 15) is 4.39 Å². The van der Waals surface area contributed by atoms with Crippen LogP contribution in [0, 0.1) is 5.82 Å². The van der Waals surface area contributed by atoms with Gasteiger partial charge in [0.1, 0.15) is 5.82 Å². The van der Waals surface area contributed by atoms with Crippen molar-refractivity contribution < 1.29 is 8.91 Å². The quantitative estimate of drug-likeness (QED) is 0.834. The zero-order valence-electron chi connectivity index (χ0n) is 10.4. The fourth-order valence-corrected chi connectivity index (χ4v) is 1.51. The third-order valence-electron chi connectivity index (χ3n) is 2.53. The van der Waals surface area contributed by atoms with Crippen LogP contribution in [0.15, 0.2) is 22.7 Å². The van der Waals surface area contributed by atoms with E-state index in [0.29, 0.717) is 17.8 Å².